The van der Waals surface area contributed by atoms with Gasteiger partial charge < -0.3 is 48.0 Å². The van der Waals surface area contributed by atoms with Crippen LogP contribution in [0.1, 0.15) is 38.5 Å². The van der Waals surface area contributed by atoms with Gasteiger partial charge in [-0.2, -0.15) is 0 Å². The first kappa shape index (κ1) is 58.9. The van der Waals surface area contributed by atoms with Gasteiger partial charge in [-0.25, -0.2) is 0 Å². The largest absolute Gasteiger partial charge is 0.761 e. The summed E-state index contributed by atoms with van der Waals surface area (Å²) in [6, 6.07) is 0. The lowest BCUT2D eigenvalue weighted by molar-refractivity contribution is 0.328. The highest BCUT2D eigenvalue weighted by molar-refractivity contribution is 6.22. The molecule has 0 aliphatic rings. The van der Waals surface area contributed by atoms with Crippen LogP contribution in [0.15, 0.2) is 12.7 Å². The van der Waals surface area contributed by atoms with Crippen molar-refractivity contribution in [1.29, 1.82) is 0 Å². The van der Waals surface area contributed by atoms with Crippen molar-refractivity contribution >= 4 is 126 Å². The van der Waals surface area contributed by atoms with Crippen LogP contribution < -0.4 is 0 Å². The molecule has 0 saturated carbocycles. The minimum atomic E-state index is -3.13. The molecule has 0 radical (unpaired) electrons. The molecule has 10 N–H and O–H groups in total. The summed E-state index contributed by atoms with van der Waals surface area (Å²) in [6.07, 6.45) is 10.4. The van der Waals surface area contributed by atoms with Gasteiger partial charge in [0.2, 0.25) is 16.3 Å². The van der Waals surface area contributed by atoms with E-state index in [1.807, 2.05) is 6.08 Å². The van der Waals surface area contributed by atoms with E-state index in [9.17, 15) is 0 Å². The summed E-state index contributed by atoms with van der Waals surface area (Å²) in [5.41, 5.74) is 0. The molecule has 0 aromatic heterocycles. The minimum Gasteiger partial charge on any atom is -0.511 e. The lowest BCUT2D eigenvalue weighted by Gasteiger charge is -1.96. The lowest BCUT2D eigenvalue weighted by atomic mass is 10.1. The van der Waals surface area contributed by atoms with Gasteiger partial charge in [0.1, 0.15) is 0 Å². The van der Waals surface area contributed by atoms with Gasteiger partial charge in [-0.15, -0.1) is 11.9 Å². The average molecular weight is 627 g/mol. The molecule has 192 valence electrons. The average Bonchev–Trinajstić information content (AvgIpc) is 2.48. The molecule has 0 rings (SSSR count). The van der Waals surface area contributed by atoms with Gasteiger partial charge in [-0.1, -0.05) is 31.8 Å². The van der Waals surface area contributed by atoms with Gasteiger partial charge in [0.05, 0.1) is 0 Å². The molecule has 33 heavy (non-hydrogen) atoms. The van der Waals surface area contributed by atoms with Crippen molar-refractivity contribution in [3.8, 4) is 0 Å². The maximum absolute atomic E-state index is 8.74. The molecule has 24 heteroatoms. The zero-order valence-electron chi connectivity index (χ0n) is 16.2. The highest BCUT2D eigenvalue weighted by Crippen LogP contribution is 2.06. The molecule has 0 aliphatic carbocycles. The van der Waals surface area contributed by atoms with Gasteiger partial charge in [-0.05, 0) is 12.8 Å². The summed E-state index contributed by atoms with van der Waals surface area (Å²) < 4.78 is 43.7. The zero-order chi connectivity index (χ0) is 25.5. The van der Waals surface area contributed by atoms with E-state index in [0.717, 1.165) is 0 Å². The first-order valence-corrected chi connectivity index (χ1v) is 15.7. The van der Waals surface area contributed by atoms with E-state index in [1.165, 1.54) is 60.1 Å². The highest BCUT2D eigenvalue weighted by atomic mass is 28.3. The molecule has 0 amide bonds. The molecule has 0 heterocycles. The van der Waals surface area contributed by atoms with Crippen molar-refractivity contribution in [2.45, 2.75) is 43.8 Å². The Morgan fingerprint density at radius 2 is 0.727 bits per heavy atom. The number of hydrogen-bond donors (Lipinski definition) is 10. The maximum atomic E-state index is 8.74. The van der Waals surface area contributed by atoms with Crippen LogP contribution in [0.3, 0.4) is 0 Å². The Bertz CT molecular complexity index is 378. The summed E-state index contributed by atoms with van der Waals surface area (Å²) >= 11 is 1.39. The van der Waals surface area contributed by atoms with Crippen LogP contribution in [0.25, 0.3) is 0 Å². The second-order valence-corrected chi connectivity index (χ2v) is 8.08. The Morgan fingerprint density at radius 1 is 0.545 bits per heavy atom. The number of rotatable bonds is 7. The van der Waals surface area contributed by atoms with Crippen LogP contribution in [-0.2, 0) is 22.3 Å². The molecule has 0 spiro atoms. The summed E-state index contributed by atoms with van der Waals surface area (Å²) in [5.74, 6) is 0. The molecule has 0 unspecified atom stereocenters. The smallest absolute Gasteiger partial charge is 0.511 e. The maximum Gasteiger partial charge on any atom is 0.761 e. The Kier molecular flexibility index (Phi) is 104. The second kappa shape index (κ2) is 58.4. The Hall–Kier alpha value is 0.422. The molecule has 0 atom stereocenters. The van der Waals surface area contributed by atoms with Crippen LogP contribution >= 0.6 is 0 Å². The third-order valence-electron chi connectivity index (χ3n) is 1.76. The Labute approximate surface area is 250 Å². The Balaban J connectivity index is -0.0000000312. The standard InChI is InChI=1S/C9H17.2Al.2Mg.5H2O3Si.9H/c1-3-5-7-9-8-6-4-2;;;;;5*1-4(2)3;;;;;;;;;/h3H,1-2,4-9H2;;;;;5*1-2H;;;;;;;;;. The molecular formula is C9H36Al2Mg2O15Si5. The van der Waals surface area contributed by atoms with Gasteiger partial charge in [0.15, 0.2) is 17.4 Å². The van der Waals surface area contributed by atoms with Crippen LogP contribution in [0.5, 0.6) is 0 Å². The number of hydrogen-bond acceptors (Lipinski definition) is 5. The Morgan fingerprint density at radius 3 is 0.909 bits per heavy atom. The van der Waals surface area contributed by atoms with Crippen molar-refractivity contribution < 1.29 is 70.3 Å². The molecule has 0 aromatic rings. The predicted molar refractivity (Wildman–Crippen MR) is 133 cm³/mol. The van der Waals surface area contributed by atoms with Crippen molar-refractivity contribution in [3.05, 3.63) is 12.7 Å². The fourth-order valence-corrected chi connectivity index (χ4v) is 1.57. The summed E-state index contributed by atoms with van der Waals surface area (Å²) in [5, 5.41) is 1.49. The summed E-state index contributed by atoms with van der Waals surface area (Å²) in [4.78, 5) is 71.6. The molecule has 0 aliphatic heterocycles. The van der Waals surface area contributed by atoms with Crippen molar-refractivity contribution in [1.82, 2.24) is 0 Å². The van der Waals surface area contributed by atoms with Crippen LogP contribution in [0.4, 0.5) is 0 Å². The first-order valence-electron chi connectivity index (χ1n) is 7.78. The van der Waals surface area contributed by atoms with Crippen LogP contribution in [0, 0.1) is 0 Å². The van der Waals surface area contributed by atoms with E-state index in [4.69, 9.17) is 70.3 Å². The molecule has 0 saturated heterocycles. The third kappa shape index (κ3) is 545. The molecule has 15 nitrogen and oxygen atoms in total. The van der Waals surface area contributed by atoms with Gasteiger partial charge in [0, 0.05) is 0 Å². The quantitative estimate of drug-likeness (QED) is 0.0712. The van der Waals surface area contributed by atoms with E-state index in [0.29, 0.717) is 0 Å². The normalized spacial score (nSPS) is 6.55. The molecular weight excluding hydrogens is 591 g/mol. The highest BCUT2D eigenvalue weighted by Gasteiger charge is 1.87. The predicted octanol–water partition coefficient (Wildman–Crippen LogP) is -8.52. The van der Waals surface area contributed by atoms with Crippen LogP contribution in [-0.4, -0.2) is 174 Å². The number of unbranched alkanes of at least 4 members (excludes halogenated alkanes) is 5. The van der Waals surface area contributed by atoms with Crippen molar-refractivity contribution in [3.63, 3.8) is 0 Å². The van der Waals surface area contributed by atoms with E-state index < -0.39 is 45.9 Å². The zero-order valence-corrected chi connectivity index (χ0v) is 23.2. The fraction of sp³-hybridized carbons (Fsp3) is 0.778. The third-order valence-corrected chi connectivity index (χ3v) is 2.47. The topological polar surface area (TPSA) is 288 Å². The van der Waals surface area contributed by atoms with E-state index in [1.54, 1.807) is 0 Å². The van der Waals surface area contributed by atoms with E-state index in [2.05, 4.69) is 6.58 Å². The van der Waals surface area contributed by atoms with E-state index in [-0.39, 0.29) is 63.5 Å². The fourth-order valence-electron chi connectivity index (χ4n) is 1.07. The monoisotopic (exact) mass is 626 g/mol. The number of allylic oxidation sites excluding steroid dienone is 1. The lowest BCUT2D eigenvalue weighted by Crippen LogP contribution is -1.90. The molecule has 0 bridgehead atoms. The second-order valence-electron chi connectivity index (χ2n) is 4.26. The summed E-state index contributed by atoms with van der Waals surface area (Å²) in [6.45, 7) is 3.70. The molecule has 0 aromatic carbocycles. The summed E-state index contributed by atoms with van der Waals surface area (Å²) in [7, 11) is -15.6. The molecule has 0 fully saturated rings. The van der Waals surface area contributed by atoms with Gasteiger partial charge >= 0.3 is 92.0 Å². The first-order chi connectivity index (χ1) is 13.6. The van der Waals surface area contributed by atoms with Gasteiger partial charge in [-0.3, -0.25) is 22.3 Å². The van der Waals surface area contributed by atoms with Crippen molar-refractivity contribution in [2.24, 2.45) is 0 Å². The van der Waals surface area contributed by atoms with Crippen molar-refractivity contribution in [2.75, 3.05) is 0 Å². The minimum absolute atomic E-state index is 0. The van der Waals surface area contributed by atoms with Crippen LogP contribution in [0.2, 0.25) is 5.28 Å². The van der Waals surface area contributed by atoms with Gasteiger partial charge in [0.25, 0.3) is 0 Å². The SMILES string of the molecule is C=CCCCCCC[CH2][AlH2].O=[Si](O)O.O=[Si](O)O.O=[Si](O)O.O=[Si](O)O.O=[Si](O)O.[AlH3].[MgH2].[MgH2]. The van der Waals surface area contributed by atoms with E-state index >= 15 is 0 Å².